The molecule has 0 aliphatic rings. The van der Waals surface area contributed by atoms with Gasteiger partial charge in [-0.2, -0.15) is 5.10 Å². The average Bonchev–Trinajstić information content (AvgIpc) is 2.97. The van der Waals surface area contributed by atoms with E-state index in [1.165, 1.54) is 24.7 Å². The summed E-state index contributed by atoms with van der Waals surface area (Å²) >= 11 is 0. The van der Waals surface area contributed by atoms with E-state index in [0.717, 1.165) is 11.3 Å². The Morgan fingerprint density at radius 1 is 1.00 bits per heavy atom. The Balaban J connectivity index is 1.79. The molecule has 0 atom stereocenters. The number of nitrogens with zero attached hydrogens (tertiary/aromatic N) is 2. The maximum atomic E-state index is 12.8. The number of anilines is 1. The fourth-order valence-electron chi connectivity index (χ4n) is 3.07. The van der Waals surface area contributed by atoms with Gasteiger partial charge in [-0.3, -0.25) is 9.48 Å². The van der Waals surface area contributed by atoms with Crippen LogP contribution in [0.3, 0.4) is 0 Å². The first-order valence-electron chi connectivity index (χ1n) is 9.16. The molecule has 8 heteroatoms. The van der Waals surface area contributed by atoms with Gasteiger partial charge in [-0.15, -0.1) is 0 Å². The molecule has 0 spiro atoms. The molecule has 29 heavy (non-hydrogen) atoms. The molecular weight excluding hydrogens is 388 g/mol. The molecule has 0 saturated carbocycles. The molecule has 1 heterocycles. The lowest BCUT2D eigenvalue weighted by atomic mass is 10.1. The molecule has 0 bridgehead atoms. The van der Waals surface area contributed by atoms with E-state index in [0.29, 0.717) is 23.5 Å². The van der Waals surface area contributed by atoms with Gasteiger partial charge in [-0.1, -0.05) is 29.8 Å². The number of carbonyl (C=O) groups excluding carboxylic acids is 1. The molecular formula is C21H24N4O3S. The summed E-state index contributed by atoms with van der Waals surface area (Å²) in [6, 6.07) is 14.2. The summed E-state index contributed by atoms with van der Waals surface area (Å²) in [7, 11) is -2.16. The minimum Gasteiger partial charge on any atom is -0.322 e. The van der Waals surface area contributed by atoms with Crippen molar-refractivity contribution in [3.8, 4) is 0 Å². The van der Waals surface area contributed by atoms with Crippen molar-refractivity contribution in [1.29, 1.82) is 0 Å². The second kappa shape index (κ2) is 8.18. The maximum Gasteiger partial charge on any atom is 0.259 e. The summed E-state index contributed by atoms with van der Waals surface area (Å²) in [5, 5.41) is 7.33. The Morgan fingerprint density at radius 2 is 1.62 bits per heavy atom. The maximum absolute atomic E-state index is 12.8. The lowest BCUT2D eigenvalue weighted by Gasteiger charge is -2.08. The highest BCUT2D eigenvalue weighted by atomic mass is 32.2. The predicted molar refractivity (Wildman–Crippen MR) is 113 cm³/mol. The van der Waals surface area contributed by atoms with Crippen molar-refractivity contribution in [1.82, 2.24) is 14.5 Å². The number of hydrogen-bond acceptors (Lipinski definition) is 4. The minimum atomic E-state index is -3.51. The predicted octanol–water partition coefficient (Wildman–Crippen LogP) is 3.02. The van der Waals surface area contributed by atoms with Crippen LogP contribution in [0.2, 0.25) is 0 Å². The van der Waals surface area contributed by atoms with E-state index in [-0.39, 0.29) is 10.8 Å². The summed E-state index contributed by atoms with van der Waals surface area (Å²) in [5.74, 6) is -0.278. The number of nitrogens with one attached hydrogen (secondary N) is 2. The van der Waals surface area contributed by atoms with Crippen molar-refractivity contribution in [2.24, 2.45) is 0 Å². The quantitative estimate of drug-likeness (QED) is 0.651. The standard InChI is InChI=1S/C21H24N4O3S/c1-14-5-7-17(8-6-14)13-25-16(3)20(15(2)24-25)21(26)23-18-9-11-19(12-10-18)29(27,28)22-4/h5-12,22H,13H2,1-4H3,(H,23,26). The van der Waals surface area contributed by atoms with Crippen LogP contribution in [0.15, 0.2) is 53.4 Å². The molecule has 2 N–H and O–H groups in total. The van der Waals surface area contributed by atoms with Crippen LogP contribution in [-0.2, 0) is 16.6 Å². The topological polar surface area (TPSA) is 93.1 Å². The number of aryl methyl sites for hydroxylation is 2. The molecule has 1 amide bonds. The van der Waals surface area contributed by atoms with Gasteiger partial charge < -0.3 is 5.32 Å². The number of carbonyl (C=O) groups is 1. The van der Waals surface area contributed by atoms with Gasteiger partial charge in [-0.05, 0) is 57.6 Å². The van der Waals surface area contributed by atoms with Crippen LogP contribution in [0.4, 0.5) is 5.69 Å². The van der Waals surface area contributed by atoms with Crippen molar-refractivity contribution in [3.63, 3.8) is 0 Å². The largest absolute Gasteiger partial charge is 0.322 e. The van der Waals surface area contributed by atoms with Crippen LogP contribution in [-0.4, -0.2) is 31.2 Å². The number of amides is 1. The van der Waals surface area contributed by atoms with Gasteiger partial charge in [0.1, 0.15) is 0 Å². The average molecular weight is 413 g/mol. The molecule has 0 aliphatic carbocycles. The number of aromatic nitrogens is 2. The van der Waals surface area contributed by atoms with E-state index in [9.17, 15) is 13.2 Å². The minimum absolute atomic E-state index is 0.135. The lowest BCUT2D eigenvalue weighted by Crippen LogP contribution is -2.18. The third-order valence-corrected chi connectivity index (χ3v) is 6.18. The Kier molecular flexibility index (Phi) is 5.86. The van der Waals surface area contributed by atoms with Crippen molar-refractivity contribution in [2.75, 3.05) is 12.4 Å². The van der Waals surface area contributed by atoms with Crippen LogP contribution in [0.25, 0.3) is 0 Å². The molecule has 152 valence electrons. The summed E-state index contributed by atoms with van der Waals surface area (Å²) in [6.07, 6.45) is 0. The fraction of sp³-hybridized carbons (Fsp3) is 0.238. The van der Waals surface area contributed by atoms with E-state index in [2.05, 4.69) is 15.1 Å². The van der Waals surface area contributed by atoms with Crippen LogP contribution < -0.4 is 10.0 Å². The second-order valence-electron chi connectivity index (χ2n) is 6.88. The normalized spacial score (nSPS) is 11.4. The van der Waals surface area contributed by atoms with Gasteiger partial charge in [0.15, 0.2) is 0 Å². The monoisotopic (exact) mass is 412 g/mol. The fourth-order valence-corrected chi connectivity index (χ4v) is 3.80. The zero-order valence-corrected chi connectivity index (χ0v) is 17.7. The van der Waals surface area contributed by atoms with Crippen molar-refractivity contribution in [2.45, 2.75) is 32.2 Å². The highest BCUT2D eigenvalue weighted by Gasteiger charge is 2.19. The summed E-state index contributed by atoms with van der Waals surface area (Å²) in [6.45, 7) is 6.29. The Labute approximate surface area is 170 Å². The highest BCUT2D eigenvalue weighted by Crippen LogP contribution is 2.19. The molecule has 0 radical (unpaired) electrons. The Bertz CT molecular complexity index is 1130. The summed E-state index contributed by atoms with van der Waals surface area (Å²) in [5.41, 5.74) is 4.74. The molecule has 3 aromatic rings. The van der Waals surface area contributed by atoms with Gasteiger partial charge in [-0.25, -0.2) is 13.1 Å². The molecule has 7 nitrogen and oxygen atoms in total. The molecule has 3 rings (SSSR count). The van der Waals surface area contributed by atoms with Crippen LogP contribution >= 0.6 is 0 Å². The summed E-state index contributed by atoms with van der Waals surface area (Å²) < 4.78 is 27.7. The van der Waals surface area contributed by atoms with Crippen LogP contribution in [0.5, 0.6) is 0 Å². The number of hydrogen-bond donors (Lipinski definition) is 2. The third kappa shape index (κ3) is 4.55. The number of sulfonamides is 1. The van der Waals surface area contributed by atoms with E-state index in [1.807, 2.05) is 42.8 Å². The van der Waals surface area contributed by atoms with Gasteiger partial charge in [0.05, 0.1) is 22.7 Å². The third-order valence-electron chi connectivity index (χ3n) is 4.75. The molecule has 0 unspecified atom stereocenters. The summed E-state index contributed by atoms with van der Waals surface area (Å²) in [4.78, 5) is 12.9. The van der Waals surface area contributed by atoms with Crippen molar-refractivity contribution >= 4 is 21.6 Å². The first-order valence-corrected chi connectivity index (χ1v) is 10.6. The first-order chi connectivity index (χ1) is 13.7. The molecule has 2 aromatic carbocycles. The van der Waals surface area contributed by atoms with Gasteiger partial charge in [0.2, 0.25) is 10.0 Å². The first kappa shape index (κ1) is 20.8. The van der Waals surface area contributed by atoms with E-state index < -0.39 is 10.0 Å². The van der Waals surface area contributed by atoms with Gasteiger partial charge in [0, 0.05) is 11.4 Å². The lowest BCUT2D eigenvalue weighted by molar-refractivity contribution is 0.102. The Hall–Kier alpha value is -2.97. The molecule has 1 aromatic heterocycles. The number of rotatable bonds is 6. The van der Waals surface area contributed by atoms with Gasteiger partial charge >= 0.3 is 0 Å². The van der Waals surface area contributed by atoms with Crippen molar-refractivity contribution in [3.05, 3.63) is 76.6 Å². The van der Waals surface area contributed by atoms with Gasteiger partial charge in [0.25, 0.3) is 5.91 Å². The second-order valence-corrected chi connectivity index (χ2v) is 8.76. The van der Waals surface area contributed by atoms with E-state index >= 15 is 0 Å². The zero-order chi connectivity index (χ0) is 21.2. The van der Waals surface area contributed by atoms with Crippen LogP contribution in [0, 0.1) is 20.8 Å². The number of benzene rings is 2. The van der Waals surface area contributed by atoms with Crippen molar-refractivity contribution < 1.29 is 13.2 Å². The smallest absolute Gasteiger partial charge is 0.259 e. The Morgan fingerprint density at radius 3 is 2.21 bits per heavy atom. The molecule has 0 saturated heterocycles. The van der Waals surface area contributed by atoms with Crippen LogP contribution in [0.1, 0.15) is 32.9 Å². The molecule has 0 aliphatic heterocycles. The van der Waals surface area contributed by atoms with E-state index in [1.54, 1.807) is 19.1 Å². The van der Waals surface area contributed by atoms with E-state index in [4.69, 9.17) is 0 Å². The molecule has 0 fully saturated rings. The zero-order valence-electron chi connectivity index (χ0n) is 16.9. The highest BCUT2D eigenvalue weighted by molar-refractivity contribution is 7.89. The SMILES string of the molecule is CNS(=O)(=O)c1ccc(NC(=O)c2c(C)nn(Cc3ccc(C)cc3)c2C)cc1.